The molecule has 0 bridgehead atoms. The van der Waals surface area contributed by atoms with Crippen LogP contribution >= 0.6 is 0 Å². The molecule has 0 radical (unpaired) electrons. The average Bonchev–Trinajstić information content (AvgIpc) is 2.79. The molecule has 1 aliphatic carbocycles. The summed E-state index contributed by atoms with van der Waals surface area (Å²) in [6.45, 7) is 2.75. The number of hydrogen-bond donors (Lipinski definition) is 1. The van der Waals surface area contributed by atoms with E-state index in [0.29, 0.717) is 11.8 Å². The van der Waals surface area contributed by atoms with Crippen molar-refractivity contribution in [1.29, 1.82) is 0 Å². The van der Waals surface area contributed by atoms with Crippen molar-refractivity contribution in [3.63, 3.8) is 0 Å². The molecule has 88 valence electrons. The minimum Gasteiger partial charge on any atom is -0.477 e. The third kappa shape index (κ3) is 2.73. The van der Waals surface area contributed by atoms with Crippen LogP contribution in [0.15, 0.2) is 18.3 Å². The molecular weight excluding hydrogens is 200 g/mol. The van der Waals surface area contributed by atoms with E-state index < -0.39 is 0 Å². The second kappa shape index (κ2) is 5.30. The molecule has 1 unspecified atom stereocenters. The Bertz CT molecular complexity index is 332. The molecule has 1 aromatic heterocycles. The Labute approximate surface area is 97.0 Å². The maximum absolute atomic E-state index is 5.88. The van der Waals surface area contributed by atoms with Crippen molar-refractivity contribution in [2.24, 2.45) is 11.7 Å². The van der Waals surface area contributed by atoms with Crippen LogP contribution in [0.5, 0.6) is 5.88 Å². The summed E-state index contributed by atoms with van der Waals surface area (Å²) in [7, 11) is 0. The third-order valence-corrected chi connectivity index (χ3v) is 3.22. The van der Waals surface area contributed by atoms with E-state index in [-0.39, 0.29) is 6.04 Å². The second-order valence-electron chi connectivity index (χ2n) is 4.65. The molecule has 1 saturated carbocycles. The normalized spacial score (nSPS) is 18.6. The number of ether oxygens (including phenoxy) is 1. The Morgan fingerprint density at radius 1 is 1.50 bits per heavy atom. The fraction of sp³-hybridized carbons (Fsp3) is 0.615. The number of rotatable bonds is 4. The van der Waals surface area contributed by atoms with Gasteiger partial charge in [-0.25, -0.2) is 4.98 Å². The van der Waals surface area contributed by atoms with E-state index in [9.17, 15) is 0 Å². The second-order valence-corrected chi connectivity index (χ2v) is 4.65. The summed E-state index contributed by atoms with van der Waals surface area (Å²) < 4.78 is 5.79. The molecule has 1 heterocycles. The fourth-order valence-corrected chi connectivity index (χ4v) is 2.24. The number of aromatic nitrogens is 1. The predicted octanol–water partition coefficient (Wildman–Crippen LogP) is 2.67. The van der Waals surface area contributed by atoms with E-state index in [4.69, 9.17) is 10.5 Å². The zero-order valence-electron chi connectivity index (χ0n) is 9.86. The van der Waals surface area contributed by atoms with Crippen molar-refractivity contribution in [3.8, 4) is 5.88 Å². The highest BCUT2D eigenvalue weighted by atomic mass is 16.5. The number of nitrogens with two attached hydrogens (primary N) is 1. The molecule has 2 N–H and O–H groups in total. The van der Waals surface area contributed by atoms with Gasteiger partial charge in [0.05, 0.1) is 6.61 Å². The van der Waals surface area contributed by atoms with Crippen LogP contribution in [0.4, 0.5) is 0 Å². The van der Waals surface area contributed by atoms with Crippen LogP contribution < -0.4 is 10.5 Å². The Balaban J connectivity index is 1.97. The molecule has 16 heavy (non-hydrogen) atoms. The van der Waals surface area contributed by atoms with Crippen molar-refractivity contribution in [2.75, 3.05) is 6.61 Å². The van der Waals surface area contributed by atoms with Crippen molar-refractivity contribution in [1.82, 2.24) is 4.98 Å². The largest absolute Gasteiger partial charge is 0.477 e. The smallest absolute Gasteiger partial charge is 0.218 e. The van der Waals surface area contributed by atoms with Gasteiger partial charge in [0.25, 0.3) is 0 Å². The van der Waals surface area contributed by atoms with Crippen molar-refractivity contribution >= 4 is 0 Å². The summed E-state index contributed by atoms with van der Waals surface area (Å²) in [5.74, 6) is 1.42. The minimum atomic E-state index is -0.0210. The molecule has 1 atom stereocenters. The number of hydrogen-bond acceptors (Lipinski definition) is 3. The molecule has 2 rings (SSSR count). The lowest BCUT2D eigenvalue weighted by atomic mass is 10.1. The van der Waals surface area contributed by atoms with E-state index >= 15 is 0 Å². The highest BCUT2D eigenvalue weighted by molar-refractivity contribution is 5.28. The first-order chi connectivity index (χ1) is 7.77. The quantitative estimate of drug-likeness (QED) is 0.848. The SMILES string of the molecule is CC(N)c1cccnc1OCC1CCCC1. The summed E-state index contributed by atoms with van der Waals surface area (Å²) in [5.41, 5.74) is 6.88. The molecule has 0 amide bonds. The van der Waals surface area contributed by atoms with E-state index in [1.807, 2.05) is 19.1 Å². The molecular formula is C13H20N2O. The molecule has 1 aliphatic rings. The fourth-order valence-electron chi connectivity index (χ4n) is 2.24. The van der Waals surface area contributed by atoms with Gasteiger partial charge in [-0.3, -0.25) is 0 Å². The van der Waals surface area contributed by atoms with Gasteiger partial charge in [-0.2, -0.15) is 0 Å². The van der Waals surface area contributed by atoms with Gasteiger partial charge >= 0.3 is 0 Å². The summed E-state index contributed by atoms with van der Waals surface area (Å²) in [4.78, 5) is 4.26. The van der Waals surface area contributed by atoms with Crippen LogP contribution in [0.3, 0.4) is 0 Å². The Hall–Kier alpha value is -1.09. The summed E-state index contributed by atoms with van der Waals surface area (Å²) in [6, 6.07) is 3.87. The Morgan fingerprint density at radius 2 is 2.25 bits per heavy atom. The van der Waals surface area contributed by atoms with Crippen LogP contribution in [0.2, 0.25) is 0 Å². The Morgan fingerprint density at radius 3 is 2.94 bits per heavy atom. The molecule has 1 fully saturated rings. The van der Waals surface area contributed by atoms with Gasteiger partial charge in [0.15, 0.2) is 0 Å². The monoisotopic (exact) mass is 220 g/mol. The minimum absolute atomic E-state index is 0.0210. The van der Waals surface area contributed by atoms with Crippen molar-refractivity contribution < 1.29 is 4.74 Å². The molecule has 3 heteroatoms. The lowest BCUT2D eigenvalue weighted by molar-refractivity contribution is 0.240. The van der Waals surface area contributed by atoms with E-state index in [1.165, 1.54) is 25.7 Å². The van der Waals surface area contributed by atoms with E-state index in [0.717, 1.165) is 12.2 Å². The van der Waals surface area contributed by atoms with Crippen LogP contribution in [0, 0.1) is 5.92 Å². The molecule has 0 aromatic carbocycles. The van der Waals surface area contributed by atoms with Crippen molar-refractivity contribution in [2.45, 2.75) is 38.6 Å². The van der Waals surface area contributed by atoms with Gasteiger partial charge < -0.3 is 10.5 Å². The first kappa shape index (κ1) is 11.4. The predicted molar refractivity (Wildman–Crippen MR) is 64.3 cm³/mol. The zero-order valence-corrected chi connectivity index (χ0v) is 9.86. The lowest BCUT2D eigenvalue weighted by Crippen LogP contribution is -2.13. The molecule has 3 nitrogen and oxygen atoms in total. The zero-order chi connectivity index (χ0) is 11.4. The topological polar surface area (TPSA) is 48.1 Å². The van der Waals surface area contributed by atoms with Crippen LogP contribution in [0.1, 0.15) is 44.2 Å². The first-order valence-corrected chi connectivity index (χ1v) is 6.10. The maximum Gasteiger partial charge on any atom is 0.218 e. The number of nitrogens with zero attached hydrogens (tertiary/aromatic N) is 1. The van der Waals surface area contributed by atoms with E-state index in [2.05, 4.69) is 4.98 Å². The van der Waals surface area contributed by atoms with Crippen LogP contribution in [-0.4, -0.2) is 11.6 Å². The Kier molecular flexibility index (Phi) is 3.78. The summed E-state index contributed by atoms with van der Waals surface area (Å²) in [6.07, 6.45) is 7.03. The van der Waals surface area contributed by atoms with Crippen molar-refractivity contribution in [3.05, 3.63) is 23.9 Å². The summed E-state index contributed by atoms with van der Waals surface area (Å²) >= 11 is 0. The van der Waals surface area contributed by atoms with E-state index in [1.54, 1.807) is 6.20 Å². The van der Waals surface area contributed by atoms with Gasteiger partial charge in [0.1, 0.15) is 0 Å². The summed E-state index contributed by atoms with van der Waals surface area (Å²) in [5, 5.41) is 0. The highest BCUT2D eigenvalue weighted by Crippen LogP contribution is 2.27. The third-order valence-electron chi connectivity index (χ3n) is 3.22. The van der Waals surface area contributed by atoms with Crippen LogP contribution in [-0.2, 0) is 0 Å². The standard InChI is InChI=1S/C13H20N2O/c1-10(14)12-7-4-8-15-13(12)16-9-11-5-2-3-6-11/h4,7-8,10-11H,2-3,5-6,9,14H2,1H3. The van der Waals surface area contributed by atoms with Gasteiger partial charge in [0.2, 0.25) is 5.88 Å². The average molecular weight is 220 g/mol. The number of pyridine rings is 1. The molecule has 0 aliphatic heterocycles. The van der Waals surface area contributed by atoms with Gasteiger partial charge in [0, 0.05) is 17.8 Å². The maximum atomic E-state index is 5.88. The van der Waals surface area contributed by atoms with Crippen LogP contribution in [0.25, 0.3) is 0 Å². The highest BCUT2D eigenvalue weighted by Gasteiger charge is 2.17. The van der Waals surface area contributed by atoms with Gasteiger partial charge in [-0.05, 0) is 31.7 Å². The lowest BCUT2D eigenvalue weighted by Gasteiger charge is -2.15. The van der Waals surface area contributed by atoms with Gasteiger partial charge in [-0.1, -0.05) is 18.9 Å². The molecule has 0 saturated heterocycles. The first-order valence-electron chi connectivity index (χ1n) is 6.10. The molecule has 0 spiro atoms. The van der Waals surface area contributed by atoms with Gasteiger partial charge in [-0.15, -0.1) is 0 Å². The molecule has 1 aromatic rings.